The van der Waals surface area contributed by atoms with Crippen LogP contribution in [0, 0.1) is 29.1 Å². The van der Waals surface area contributed by atoms with Gasteiger partial charge in [-0.2, -0.15) is 5.21 Å². The first-order chi connectivity index (χ1) is 13.4. The van der Waals surface area contributed by atoms with Gasteiger partial charge in [0.05, 0.1) is 0 Å². The van der Waals surface area contributed by atoms with Crippen molar-refractivity contribution < 1.29 is 23.6 Å². The molecule has 0 aliphatic heterocycles. The van der Waals surface area contributed by atoms with Crippen LogP contribution in [0.2, 0.25) is 0 Å². The third-order valence-electron chi connectivity index (χ3n) is 3.13. The molecule has 10 nitrogen and oxygen atoms in total. The molecule has 1 heterocycles. The molecule has 5 N–H and O–H groups in total. The number of alkyl halides is 2. The number of hydroxylamine groups is 1. The molecule has 2 amide bonds. The summed E-state index contributed by atoms with van der Waals surface area (Å²) in [5, 5.41) is 30.5. The summed E-state index contributed by atoms with van der Waals surface area (Å²) in [5.41, 5.74) is 0.306. The zero-order valence-corrected chi connectivity index (χ0v) is 13.8. The fraction of sp³-hybridized carbons (Fsp3) is 0.125. The summed E-state index contributed by atoms with van der Waals surface area (Å²) >= 11 is 0. The van der Waals surface area contributed by atoms with Crippen molar-refractivity contribution in [2.45, 2.75) is 12.5 Å². The van der Waals surface area contributed by atoms with Crippen molar-refractivity contribution in [1.82, 2.24) is 31.4 Å². The van der Waals surface area contributed by atoms with E-state index in [9.17, 15) is 18.4 Å². The van der Waals surface area contributed by atoms with Crippen molar-refractivity contribution >= 4 is 17.5 Å². The number of benzene rings is 1. The third kappa shape index (κ3) is 5.42. The number of halogens is 2. The molecule has 0 saturated carbocycles. The first kappa shape index (κ1) is 20.2. The number of nitrogens with zero attached hydrogens (tertiary/aromatic N) is 3. The molecule has 0 radical (unpaired) electrons. The highest BCUT2D eigenvalue weighted by atomic mass is 19.3. The summed E-state index contributed by atoms with van der Waals surface area (Å²) in [6, 6.07) is 3.60. The first-order valence-electron chi connectivity index (χ1n) is 7.39. The number of hydrogen-bond donors (Lipinski definition) is 5. The maximum absolute atomic E-state index is 12.6. The van der Waals surface area contributed by atoms with Crippen molar-refractivity contribution in [2.75, 3.05) is 0 Å². The summed E-state index contributed by atoms with van der Waals surface area (Å²) in [6.07, 6.45) is -3.28. The van der Waals surface area contributed by atoms with Gasteiger partial charge in [-0.05, 0) is 47.2 Å². The van der Waals surface area contributed by atoms with Crippen LogP contribution in [0.15, 0.2) is 24.3 Å². The van der Waals surface area contributed by atoms with Crippen LogP contribution < -0.4 is 10.8 Å². The number of carbonyl (C=O) groups excluding carboxylic acids is 2. The van der Waals surface area contributed by atoms with E-state index in [0.717, 1.165) is 5.48 Å². The number of hydrogen-bond acceptors (Lipinski definition) is 7. The van der Waals surface area contributed by atoms with Crippen LogP contribution in [0.25, 0.3) is 0 Å². The quantitative estimate of drug-likeness (QED) is 0.201. The van der Waals surface area contributed by atoms with Gasteiger partial charge in [-0.3, -0.25) is 14.8 Å². The minimum atomic E-state index is -3.28. The molecule has 12 heteroatoms. The number of rotatable bonds is 5. The lowest BCUT2D eigenvalue weighted by molar-refractivity contribution is -0.129. The Kier molecular flexibility index (Phi) is 6.85. The third-order valence-corrected chi connectivity index (χ3v) is 3.13. The molecule has 142 valence electrons. The summed E-state index contributed by atoms with van der Waals surface area (Å²) in [6.45, 7) is 0. The molecule has 1 aromatic heterocycles. The topological polar surface area (TPSA) is 157 Å². The molecular formula is C16H11F2N7O3. The molecule has 0 unspecified atom stereocenters. The van der Waals surface area contributed by atoms with Crippen LogP contribution >= 0.6 is 0 Å². The second-order valence-electron chi connectivity index (χ2n) is 4.95. The molecule has 0 saturated heterocycles. The molecule has 0 spiro atoms. The van der Waals surface area contributed by atoms with E-state index in [-0.39, 0.29) is 11.4 Å². The van der Waals surface area contributed by atoms with Gasteiger partial charge in [0.2, 0.25) is 5.82 Å². The molecule has 1 atom stereocenters. The predicted octanol–water partition coefficient (Wildman–Crippen LogP) is -0.508. The highest BCUT2D eigenvalue weighted by molar-refractivity contribution is 6.11. The number of carbonyl (C=O) groups is 2. The van der Waals surface area contributed by atoms with Crippen molar-refractivity contribution in [3.8, 4) is 23.7 Å². The van der Waals surface area contributed by atoms with Crippen LogP contribution in [0.1, 0.15) is 21.7 Å². The number of H-pyrrole nitrogens is 1. The molecule has 0 aliphatic rings. The number of tetrazole rings is 1. The van der Waals surface area contributed by atoms with Crippen LogP contribution in [0.5, 0.6) is 0 Å². The Hall–Kier alpha value is -4.16. The standard InChI is InChI=1S/C16H11F2N7O3/c17-14(18)12(19)13(16(27)23-28)20-15(26)10-7-5-9(6-8-10)3-1-2-4-11-21-24-25-22-11/h5-8,13-14,19,28H,(H,20,26)(H,23,27)(H,21,22,24,25)/t13-/m0/s1. The highest BCUT2D eigenvalue weighted by Crippen LogP contribution is 2.06. The smallest absolute Gasteiger partial charge is 0.278 e. The Morgan fingerprint density at radius 1 is 1.18 bits per heavy atom. The van der Waals surface area contributed by atoms with Crippen molar-refractivity contribution in [1.29, 1.82) is 5.41 Å². The lowest BCUT2D eigenvalue weighted by atomic mass is 10.1. The van der Waals surface area contributed by atoms with Crippen molar-refractivity contribution in [3.63, 3.8) is 0 Å². The zero-order valence-electron chi connectivity index (χ0n) is 13.8. The molecular weight excluding hydrogens is 376 g/mol. The second-order valence-corrected chi connectivity index (χ2v) is 4.95. The van der Waals surface area contributed by atoms with Gasteiger partial charge in [-0.25, -0.2) is 14.3 Å². The van der Waals surface area contributed by atoms with Crippen LogP contribution in [0.3, 0.4) is 0 Å². The number of aromatic nitrogens is 4. The SMILES string of the molecule is N=C(C(F)F)[C@H](NC(=O)c1ccc(C#CC#Cc2nn[nH]n2)cc1)C(=O)NO. The second kappa shape index (κ2) is 9.51. The Balaban J connectivity index is 2.06. The van der Waals surface area contributed by atoms with E-state index in [4.69, 9.17) is 10.6 Å². The fourth-order valence-corrected chi connectivity index (χ4v) is 1.80. The zero-order chi connectivity index (χ0) is 20.5. The monoisotopic (exact) mass is 387 g/mol. The minimum absolute atomic E-state index is 0.0289. The number of nitrogens with one attached hydrogen (secondary N) is 4. The maximum atomic E-state index is 12.6. The van der Waals surface area contributed by atoms with Gasteiger partial charge >= 0.3 is 0 Å². The highest BCUT2D eigenvalue weighted by Gasteiger charge is 2.30. The van der Waals surface area contributed by atoms with Crippen molar-refractivity contribution in [2.24, 2.45) is 0 Å². The van der Waals surface area contributed by atoms with Crippen LogP contribution in [-0.2, 0) is 4.79 Å². The molecule has 0 bridgehead atoms. The van der Waals surface area contributed by atoms with Gasteiger partial charge in [0, 0.05) is 11.1 Å². The largest absolute Gasteiger partial charge is 0.335 e. The van der Waals surface area contributed by atoms with E-state index in [1.807, 2.05) is 5.32 Å². The van der Waals surface area contributed by atoms with Gasteiger partial charge in [-0.15, -0.1) is 5.10 Å². The minimum Gasteiger partial charge on any atom is -0.335 e. The van der Waals surface area contributed by atoms with E-state index >= 15 is 0 Å². The molecule has 0 aliphatic carbocycles. The Bertz CT molecular complexity index is 983. The summed E-state index contributed by atoms with van der Waals surface area (Å²) in [5.74, 6) is 8.21. The van der Waals surface area contributed by atoms with Gasteiger partial charge in [0.25, 0.3) is 18.2 Å². The van der Waals surface area contributed by atoms with Gasteiger partial charge < -0.3 is 10.7 Å². The lowest BCUT2D eigenvalue weighted by Gasteiger charge is -2.17. The summed E-state index contributed by atoms with van der Waals surface area (Å²) in [4.78, 5) is 23.5. The number of amides is 2. The maximum Gasteiger partial charge on any atom is 0.278 e. The van der Waals surface area contributed by atoms with Crippen LogP contribution in [-0.4, -0.2) is 55.8 Å². The average molecular weight is 387 g/mol. The average Bonchev–Trinajstić information content (AvgIpc) is 3.22. The van der Waals surface area contributed by atoms with E-state index in [1.54, 1.807) is 0 Å². The molecule has 28 heavy (non-hydrogen) atoms. The molecule has 2 rings (SSSR count). The summed E-state index contributed by atoms with van der Waals surface area (Å²) in [7, 11) is 0. The predicted molar refractivity (Wildman–Crippen MR) is 89.3 cm³/mol. The van der Waals surface area contributed by atoms with E-state index in [2.05, 4.69) is 44.3 Å². The normalized spacial score (nSPS) is 10.7. The van der Waals surface area contributed by atoms with E-state index in [1.165, 1.54) is 24.3 Å². The Morgan fingerprint density at radius 3 is 2.43 bits per heavy atom. The summed E-state index contributed by atoms with van der Waals surface area (Å²) < 4.78 is 25.3. The van der Waals surface area contributed by atoms with Gasteiger partial charge in [-0.1, -0.05) is 11.0 Å². The van der Waals surface area contributed by atoms with Crippen LogP contribution in [0.4, 0.5) is 8.78 Å². The molecule has 2 aromatic rings. The van der Waals surface area contributed by atoms with Gasteiger partial charge in [0.15, 0.2) is 6.04 Å². The number of aromatic amines is 1. The Morgan fingerprint density at radius 2 is 1.86 bits per heavy atom. The molecule has 1 aromatic carbocycles. The fourth-order valence-electron chi connectivity index (χ4n) is 1.80. The Labute approximate surface area is 156 Å². The molecule has 0 fully saturated rings. The van der Waals surface area contributed by atoms with Gasteiger partial charge in [0.1, 0.15) is 5.71 Å². The first-order valence-corrected chi connectivity index (χ1v) is 7.39. The van der Waals surface area contributed by atoms with E-state index in [0.29, 0.717) is 5.56 Å². The van der Waals surface area contributed by atoms with Crippen molar-refractivity contribution in [3.05, 3.63) is 41.2 Å². The van der Waals surface area contributed by atoms with E-state index < -0.39 is 30.0 Å². The lowest BCUT2D eigenvalue weighted by Crippen LogP contribution is -2.52.